The third kappa shape index (κ3) is 3.48. The van der Waals surface area contributed by atoms with E-state index in [1.807, 2.05) is 53.5 Å². The van der Waals surface area contributed by atoms with Crippen LogP contribution in [0, 0.1) is 5.41 Å². The molecule has 42 heavy (non-hydrogen) atoms. The van der Waals surface area contributed by atoms with Crippen LogP contribution >= 0.6 is 11.6 Å². The zero-order valence-corrected chi connectivity index (χ0v) is 23.7. The van der Waals surface area contributed by atoms with Gasteiger partial charge in [0.15, 0.2) is 28.8 Å². The Labute approximate surface area is 248 Å². The summed E-state index contributed by atoms with van der Waals surface area (Å²) in [6, 6.07) is 25.1. The Hall–Kier alpha value is -4.68. The lowest BCUT2D eigenvalue weighted by molar-refractivity contribution is 0.0665. The molecular formula is C35H26ClNO5. The van der Waals surface area contributed by atoms with Crippen LogP contribution in [-0.4, -0.2) is 43.7 Å². The van der Waals surface area contributed by atoms with E-state index in [4.69, 9.17) is 21.1 Å². The molecule has 3 atom stereocenters. The van der Waals surface area contributed by atoms with E-state index >= 15 is 0 Å². The SMILES string of the molecule is COc1ccc([C@H]2[C@H](C(=O)c3ccccc3)N3c4ccc(Cl)cc4C=CC3C23C(=O)c2ccccc2C3=O)cc1OC. The number of carbonyl (C=O) groups is 3. The molecule has 0 aromatic heterocycles. The molecule has 4 aromatic carbocycles. The van der Waals surface area contributed by atoms with Crippen LogP contribution in [0.1, 0.15) is 48.1 Å². The zero-order chi connectivity index (χ0) is 29.2. The van der Waals surface area contributed by atoms with E-state index in [1.54, 1.807) is 61.7 Å². The van der Waals surface area contributed by atoms with Crippen LogP contribution in [0.25, 0.3) is 6.08 Å². The third-order valence-corrected chi connectivity index (χ3v) is 9.09. The van der Waals surface area contributed by atoms with E-state index in [1.165, 1.54) is 7.11 Å². The zero-order valence-electron chi connectivity index (χ0n) is 22.9. The standard InChI is InChI=1S/C35H26ClNO5/c1-41-27-16-12-22(19-28(27)42-2)30-31(32(38)20-8-4-3-5-9-20)37-26-15-14-23(36)18-21(26)13-17-29(37)35(30)33(39)24-10-6-7-11-25(24)34(35)40/h3-19,29-31H,1-2H3/t29?,30-,31+/m0/s1. The minimum absolute atomic E-state index is 0.190. The van der Waals surface area contributed by atoms with Gasteiger partial charge in [0.25, 0.3) is 0 Å². The Morgan fingerprint density at radius 2 is 1.48 bits per heavy atom. The molecule has 1 unspecified atom stereocenters. The second-order valence-electron chi connectivity index (χ2n) is 10.8. The van der Waals surface area contributed by atoms with Gasteiger partial charge in [0, 0.05) is 33.3 Å². The number of anilines is 1. The number of halogens is 1. The number of ketones is 3. The molecule has 4 aromatic rings. The Bertz CT molecular complexity index is 1780. The summed E-state index contributed by atoms with van der Waals surface area (Å²) in [5.74, 6) is -0.673. The number of benzene rings is 4. The highest BCUT2D eigenvalue weighted by Crippen LogP contribution is 2.61. The Morgan fingerprint density at radius 1 is 0.810 bits per heavy atom. The van der Waals surface area contributed by atoms with Gasteiger partial charge >= 0.3 is 0 Å². The van der Waals surface area contributed by atoms with Gasteiger partial charge in [-0.1, -0.05) is 84.4 Å². The van der Waals surface area contributed by atoms with E-state index in [0.29, 0.717) is 38.8 Å². The maximum Gasteiger partial charge on any atom is 0.185 e. The van der Waals surface area contributed by atoms with Crippen LogP contribution in [0.5, 0.6) is 11.5 Å². The van der Waals surface area contributed by atoms with Crippen molar-refractivity contribution in [2.45, 2.75) is 18.0 Å². The molecule has 1 fully saturated rings. The number of rotatable bonds is 5. The minimum Gasteiger partial charge on any atom is -0.493 e. The molecule has 7 rings (SSSR count). The van der Waals surface area contributed by atoms with Gasteiger partial charge in [0.1, 0.15) is 11.5 Å². The molecule has 1 saturated heterocycles. The number of hydrogen-bond donors (Lipinski definition) is 0. The van der Waals surface area contributed by atoms with Gasteiger partial charge in [0.2, 0.25) is 0 Å². The molecule has 2 heterocycles. The summed E-state index contributed by atoms with van der Waals surface area (Å²) in [7, 11) is 3.08. The molecule has 0 radical (unpaired) electrons. The summed E-state index contributed by atoms with van der Waals surface area (Å²) >= 11 is 6.38. The minimum atomic E-state index is -1.60. The first kappa shape index (κ1) is 26.2. The van der Waals surface area contributed by atoms with Gasteiger partial charge < -0.3 is 14.4 Å². The van der Waals surface area contributed by atoms with E-state index in [-0.39, 0.29) is 17.3 Å². The molecule has 208 valence electrons. The fourth-order valence-electron chi connectivity index (χ4n) is 7.14. The van der Waals surface area contributed by atoms with Crippen LogP contribution in [0.4, 0.5) is 5.69 Å². The largest absolute Gasteiger partial charge is 0.493 e. The molecule has 0 bridgehead atoms. The molecule has 2 aliphatic heterocycles. The first-order valence-corrected chi connectivity index (χ1v) is 14.1. The summed E-state index contributed by atoms with van der Waals surface area (Å²) in [5.41, 5.74) is 1.81. The van der Waals surface area contributed by atoms with Crippen molar-refractivity contribution in [3.63, 3.8) is 0 Å². The lowest BCUT2D eigenvalue weighted by atomic mass is 9.64. The predicted octanol–water partition coefficient (Wildman–Crippen LogP) is 6.67. The van der Waals surface area contributed by atoms with Crippen molar-refractivity contribution in [3.8, 4) is 11.5 Å². The molecule has 0 N–H and O–H groups in total. The van der Waals surface area contributed by atoms with Crippen LogP contribution < -0.4 is 14.4 Å². The van der Waals surface area contributed by atoms with E-state index in [2.05, 4.69) is 0 Å². The summed E-state index contributed by atoms with van der Waals surface area (Å²) in [5, 5.41) is 0.550. The highest BCUT2D eigenvalue weighted by molar-refractivity contribution is 6.32. The Morgan fingerprint density at radius 3 is 2.14 bits per heavy atom. The first-order valence-electron chi connectivity index (χ1n) is 13.7. The van der Waals surface area contributed by atoms with Gasteiger partial charge in [-0.25, -0.2) is 0 Å². The molecule has 1 spiro atoms. The quantitative estimate of drug-likeness (QED) is 0.195. The normalized spacial score (nSPS) is 21.2. The molecule has 0 saturated carbocycles. The second kappa shape index (κ2) is 9.71. The van der Waals surface area contributed by atoms with Crippen LogP contribution in [0.15, 0.2) is 97.1 Å². The third-order valence-electron chi connectivity index (χ3n) is 8.86. The van der Waals surface area contributed by atoms with Crippen molar-refractivity contribution in [1.82, 2.24) is 0 Å². The molecule has 7 heteroatoms. The van der Waals surface area contributed by atoms with Crippen molar-refractivity contribution in [2.24, 2.45) is 5.41 Å². The van der Waals surface area contributed by atoms with Gasteiger partial charge in [0.05, 0.1) is 20.3 Å². The number of hydrogen-bond acceptors (Lipinski definition) is 6. The molecule has 6 nitrogen and oxygen atoms in total. The first-order chi connectivity index (χ1) is 20.4. The number of fused-ring (bicyclic) bond motifs is 5. The second-order valence-corrected chi connectivity index (χ2v) is 11.2. The monoisotopic (exact) mass is 575 g/mol. The number of nitrogens with zero attached hydrogens (tertiary/aromatic N) is 1. The Kier molecular flexibility index (Phi) is 6.06. The number of ether oxygens (including phenoxy) is 2. The maximum atomic E-state index is 14.7. The van der Waals surface area contributed by atoms with Crippen molar-refractivity contribution < 1.29 is 23.9 Å². The van der Waals surface area contributed by atoms with Crippen molar-refractivity contribution in [2.75, 3.05) is 19.1 Å². The molecule has 1 aliphatic carbocycles. The van der Waals surface area contributed by atoms with E-state index < -0.39 is 23.4 Å². The molecular weight excluding hydrogens is 550 g/mol. The number of Topliss-reactive ketones (excluding diaryl/α,β-unsaturated/α-hetero) is 3. The lowest BCUT2D eigenvalue weighted by Gasteiger charge is -2.37. The van der Waals surface area contributed by atoms with Crippen molar-refractivity contribution in [3.05, 3.63) is 130 Å². The maximum absolute atomic E-state index is 14.7. The van der Waals surface area contributed by atoms with Crippen molar-refractivity contribution in [1.29, 1.82) is 0 Å². The molecule has 3 aliphatic rings. The number of carbonyl (C=O) groups excluding carboxylic acids is 3. The van der Waals surface area contributed by atoms with E-state index in [9.17, 15) is 14.4 Å². The Balaban J connectivity index is 1.56. The van der Waals surface area contributed by atoms with Crippen molar-refractivity contribution >= 4 is 40.7 Å². The summed E-state index contributed by atoms with van der Waals surface area (Å²) in [4.78, 5) is 46.2. The van der Waals surface area contributed by atoms with Gasteiger partial charge in [-0.05, 0) is 41.5 Å². The summed E-state index contributed by atoms with van der Waals surface area (Å²) < 4.78 is 11.1. The average molecular weight is 576 g/mol. The fourth-order valence-corrected chi connectivity index (χ4v) is 7.32. The highest BCUT2D eigenvalue weighted by atomic mass is 35.5. The van der Waals surface area contributed by atoms with Gasteiger partial charge in [-0.15, -0.1) is 0 Å². The predicted molar refractivity (Wildman–Crippen MR) is 161 cm³/mol. The smallest absolute Gasteiger partial charge is 0.185 e. The van der Waals surface area contributed by atoms with Crippen LogP contribution in [0.2, 0.25) is 5.02 Å². The summed E-state index contributed by atoms with van der Waals surface area (Å²) in [6.07, 6.45) is 3.78. The fraction of sp³-hybridized carbons (Fsp3) is 0.171. The summed E-state index contributed by atoms with van der Waals surface area (Å²) in [6.45, 7) is 0. The molecule has 0 amide bonds. The van der Waals surface area contributed by atoms with E-state index in [0.717, 1.165) is 11.3 Å². The van der Waals surface area contributed by atoms with Crippen LogP contribution in [0.3, 0.4) is 0 Å². The number of methoxy groups -OCH3 is 2. The topological polar surface area (TPSA) is 72.9 Å². The van der Waals surface area contributed by atoms with Crippen LogP contribution in [-0.2, 0) is 0 Å². The van der Waals surface area contributed by atoms with Gasteiger partial charge in [-0.2, -0.15) is 0 Å². The highest BCUT2D eigenvalue weighted by Gasteiger charge is 2.71. The average Bonchev–Trinajstić information content (AvgIpc) is 3.46. The van der Waals surface area contributed by atoms with Gasteiger partial charge in [-0.3, -0.25) is 14.4 Å². The lowest BCUT2D eigenvalue weighted by Crippen LogP contribution is -2.48.